The molecule has 1 N–H and O–H groups in total. The first-order chi connectivity index (χ1) is 8.97. The average Bonchev–Trinajstić information content (AvgIpc) is 2.38. The van der Waals surface area contributed by atoms with E-state index in [1.807, 2.05) is 6.07 Å². The molecule has 0 aromatic heterocycles. The molecule has 2 nitrogen and oxygen atoms in total. The van der Waals surface area contributed by atoms with E-state index in [1.54, 1.807) is 36.4 Å². The smallest absolute Gasteiger partial charge is 0.330 e. The molecule has 0 spiro atoms. The number of para-hydroxylation sites is 1. The Labute approximate surface area is 117 Å². The first-order valence-corrected chi connectivity index (χ1v) is 6.34. The van der Waals surface area contributed by atoms with Crippen molar-refractivity contribution < 1.29 is 18.6 Å². The second-order valence-corrected chi connectivity index (χ2v) is 4.99. The van der Waals surface area contributed by atoms with E-state index < -0.39 is 10.9 Å². The summed E-state index contributed by atoms with van der Waals surface area (Å²) in [6.07, 6.45) is -1.92. The van der Waals surface area contributed by atoms with Crippen LogP contribution in [-0.4, -0.2) is 9.94 Å². The van der Waals surface area contributed by atoms with Crippen molar-refractivity contribution in [2.24, 2.45) is 0 Å². The number of aliphatic hydroxyl groups excluding tert-OH is 1. The van der Waals surface area contributed by atoms with E-state index in [-0.39, 0.29) is 5.56 Å². The molecule has 0 aliphatic rings. The Hall–Kier alpha value is -1.46. The highest BCUT2D eigenvalue weighted by Crippen LogP contribution is 2.37. The molecule has 100 valence electrons. The summed E-state index contributed by atoms with van der Waals surface area (Å²) in [7, 11) is 0. The zero-order chi connectivity index (χ0) is 13.9. The van der Waals surface area contributed by atoms with Gasteiger partial charge in [0.1, 0.15) is 11.5 Å². The maximum Gasteiger partial charge on any atom is 0.330 e. The van der Waals surface area contributed by atoms with Crippen LogP contribution in [0, 0.1) is 0 Å². The molecule has 0 heterocycles. The Kier molecular flexibility index (Phi) is 4.17. The van der Waals surface area contributed by atoms with Crippen LogP contribution in [0.3, 0.4) is 0 Å². The Morgan fingerprint density at radius 3 is 2.26 bits per heavy atom. The molecule has 19 heavy (non-hydrogen) atoms. The predicted molar refractivity (Wildman–Crippen MR) is 71.8 cm³/mol. The van der Waals surface area contributed by atoms with Gasteiger partial charge < -0.3 is 9.84 Å². The summed E-state index contributed by atoms with van der Waals surface area (Å²) in [6, 6.07) is 14.9. The van der Waals surface area contributed by atoms with Gasteiger partial charge in [0, 0.05) is 0 Å². The fourth-order valence-corrected chi connectivity index (χ4v) is 1.83. The number of rotatable bonds is 4. The van der Waals surface area contributed by atoms with Gasteiger partial charge in [-0.2, -0.15) is 8.78 Å². The van der Waals surface area contributed by atoms with E-state index in [1.165, 1.54) is 12.1 Å². The number of benzene rings is 2. The van der Waals surface area contributed by atoms with E-state index in [9.17, 15) is 13.9 Å². The van der Waals surface area contributed by atoms with E-state index in [0.717, 1.165) is 0 Å². The standard InChI is InChI=1S/C14H11BrF2O2/c15-14(16,17)13(18)10-5-4-8-12(9-10)19-11-6-2-1-3-7-11/h1-9,13,18H. The first kappa shape index (κ1) is 14.0. The molecule has 0 aliphatic carbocycles. The van der Waals surface area contributed by atoms with Crippen molar-refractivity contribution in [1.29, 1.82) is 0 Å². The lowest BCUT2D eigenvalue weighted by Crippen LogP contribution is -2.18. The molecule has 2 rings (SSSR count). The maximum absolute atomic E-state index is 13.0. The van der Waals surface area contributed by atoms with Crippen molar-refractivity contribution >= 4 is 15.9 Å². The highest BCUT2D eigenvalue weighted by molar-refractivity contribution is 9.10. The molecule has 2 aromatic carbocycles. The molecule has 0 amide bonds. The van der Waals surface area contributed by atoms with E-state index in [0.29, 0.717) is 11.5 Å². The first-order valence-electron chi connectivity index (χ1n) is 5.54. The fourth-order valence-electron chi connectivity index (χ4n) is 1.56. The summed E-state index contributed by atoms with van der Waals surface area (Å²) in [5.41, 5.74) is 0.0790. The highest BCUT2D eigenvalue weighted by Gasteiger charge is 2.36. The van der Waals surface area contributed by atoms with Crippen molar-refractivity contribution in [2.75, 3.05) is 0 Å². The number of alkyl halides is 3. The normalized spacial score (nSPS) is 13.1. The SMILES string of the molecule is OC(c1cccc(Oc2ccccc2)c1)C(F)(F)Br. The molecule has 0 fully saturated rings. The highest BCUT2D eigenvalue weighted by atomic mass is 79.9. The summed E-state index contributed by atoms with van der Waals surface area (Å²) in [5.74, 6) is 0.985. The van der Waals surface area contributed by atoms with Gasteiger partial charge in [0.25, 0.3) is 0 Å². The Morgan fingerprint density at radius 2 is 1.63 bits per heavy atom. The summed E-state index contributed by atoms with van der Waals surface area (Å²) < 4.78 is 31.5. The van der Waals surface area contributed by atoms with Crippen LogP contribution in [0.2, 0.25) is 0 Å². The number of hydrogen-bond acceptors (Lipinski definition) is 2. The minimum atomic E-state index is -3.38. The van der Waals surface area contributed by atoms with Crippen LogP contribution in [0.15, 0.2) is 54.6 Å². The van der Waals surface area contributed by atoms with Crippen molar-refractivity contribution in [3.05, 3.63) is 60.2 Å². The van der Waals surface area contributed by atoms with Gasteiger partial charge in [-0.15, -0.1) is 0 Å². The third-order valence-electron chi connectivity index (χ3n) is 2.46. The van der Waals surface area contributed by atoms with Gasteiger partial charge in [-0.05, 0) is 45.8 Å². The fraction of sp³-hybridized carbons (Fsp3) is 0.143. The van der Waals surface area contributed by atoms with Gasteiger partial charge in [0.05, 0.1) is 0 Å². The molecule has 0 bridgehead atoms. The molecular formula is C14H11BrF2O2. The van der Waals surface area contributed by atoms with Crippen LogP contribution < -0.4 is 4.74 Å². The lowest BCUT2D eigenvalue weighted by molar-refractivity contribution is -0.0295. The molecule has 5 heteroatoms. The molecular weight excluding hydrogens is 318 g/mol. The monoisotopic (exact) mass is 328 g/mol. The maximum atomic E-state index is 13.0. The van der Waals surface area contributed by atoms with Gasteiger partial charge >= 0.3 is 4.83 Å². The minimum absolute atomic E-state index is 0.0790. The number of ether oxygens (including phenoxy) is 1. The summed E-state index contributed by atoms with van der Waals surface area (Å²) in [4.78, 5) is -3.38. The van der Waals surface area contributed by atoms with Crippen molar-refractivity contribution in [2.45, 2.75) is 10.9 Å². The Balaban J connectivity index is 2.20. The largest absolute Gasteiger partial charge is 0.457 e. The van der Waals surface area contributed by atoms with E-state index in [2.05, 4.69) is 15.9 Å². The molecule has 0 saturated heterocycles. The van der Waals surface area contributed by atoms with Gasteiger partial charge in [0.2, 0.25) is 0 Å². The average molecular weight is 329 g/mol. The quantitative estimate of drug-likeness (QED) is 0.837. The number of hydrogen-bond donors (Lipinski definition) is 1. The Bertz CT molecular complexity index is 541. The van der Waals surface area contributed by atoms with Crippen LogP contribution >= 0.6 is 15.9 Å². The lowest BCUT2D eigenvalue weighted by atomic mass is 10.1. The van der Waals surface area contributed by atoms with Crippen LogP contribution in [0.4, 0.5) is 8.78 Å². The van der Waals surface area contributed by atoms with Crippen LogP contribution in [0.1, 0.15) is 11.7 Å². The zero-order valence-electron chi connectivity index (χ0n) is 9.76. The van der Waals surface area contributed by atoms with Crippen molar-refractivity contribution in [3.8, 4) is 11.5 Å². The number of aliphatic hydroxyl groups is 1. The summed E-state index contributed by atoms with van der Waals surface area (Å²) >= 11 is 2.15. The van der Waals surface area contributed by atoms with Gasteiger partial charge in [-0.25, -0.2) is 0 Å². The molecule has 1 atom stereocenters. The van der Waals surface area contributed by atoms with Crippen LogP contribution in [-0.2, 0) is 0 Å². The van der Waals surface area contributed by atoms with Crippen molar-refractivity contribution in [3.63, 3.8) is 0 Å². The topological polar surface area (TPSA) is 29.5 Å². The van der Waals surface area contributed by atoms with Crippen LogP contribution in [0.5, 0.6) is 11.5 Å². The summed E-state index contributed by atoms with van der Waals surface area (Å²) in [5, 5.41) is 9.50. The molecule has 0 radical (unpaired) electrons. The second-order valence-electron chi connectivity index (χ2n) is 3.93. The van der Waals surface area contributed by atoms with E-state index >= 15 is 0 Å². The van der Waals surface area contributed by atoms with Gasteiger partial charge in [-0.1, -0.05) is 30.3 Å². The summed E-state index contributed by atoms with van der Waals surface area (Å²) in [6.45, 7) is 0. The third-order valence-corrected chi connectivity index (χ3v) is 2.90. The lowest BCUT2D eigenvalue weighted by Gasteiger charge is -2.17. The number of halogens is 3. The Morgan fingerprint density at radius 1 is 1.00 bits per heavy atom. The molecule has 2 aromatic rings. The van der Waals surface area contributed by atoms with Crippen molar-refractivity contribution in [1.82, 2.24) is 0 Å². The predicted octanol–water partition coefficient (Wildman–Crippen LogP) is 4.50. The second kappa shape index (κ2) is 5.67. The van der Waals surface area contributed by atoms with Gasteiger partial charge in [-0.3, -0.25) is 0 Å². The van der Waals surface area contributed by atoms with Gasteiger partial charge in [0.15, 0.2) is 6.10 Å². The van der Waals surface area contributed by atoms with Crippen LogP contribution in [0.25, 0.3) is 0 Å². The third kappa shape index (κ3) is 3.75. The van der Waals surface area contributed by atoms with E-state index in [4.69, 9.17) is 4.74 Å². The molecule has 1 unspecified atom stereocenters. The molecule has 0 aliphatic heterocycles. The molecule has 0 saturated carbocycles. The zero-order valence-corrected chi connectivity index (χ0v) is 11.3. The minimum Gasteiger partial charge on any atom is -0.457 e.